The number of halogens is 1. The lowest BCUT2D eigenvalue weighted by Crippen LogP contribution is -2.33. The van der Waals surface area contributed by atoms with Crippen molar-refractivity contribution in [3.05, 3.63) is 47.3 Å². The number of nitrogens with zero attached hydrogens (tertiary/aromatic N) is 2. The first-order valence-electron chi connectivity index (χ1n) is 12.3. The van der Waals surface area contributed by atoms with Crippen molar-refractivity contribution in [3.8, 4) is 11.3 Å². The quantitative estimate of drug-likeness (QED) is 0.264. The summed E-state index contributed by atoms with van der Waals surface area (Å²) in [6.45, 7) is 7.23. The van der Waals surface area contributed by atoms with Gasteiger partial charge in [-0.1, -0.05) is 6.42 Å². The number of aryl methyl sites for hydroxylation is 1. The number of anilines is 1. The van der Waals surface area contributed by atoms with Crippen molar-refractivity contribution in [2.24, 2.45) is 0 Å². The third-order valence-corrected chi connectivity index (χ3v) is 6.95. The molecule has 1 amide bonds. The van der Waals surface area contributed by atoms with Crippen LogP contribution in [-0.2, 0) is 21.2 Å². The van der Waals surface area contributed by atoms with Gasteiger partial charge in [0.2, 0.25) is 15.7 Å². The minimum absolute atomic E-state index is 0.116. The van der Waals surface area contributed by atoms with Gasteiger partial charge in [-0.25, -0.2) is 17.6 Å². The van der Waals surface area contributed by atoms with Crippen LogP contribution in [0.3, 0.4) is 0 Å². The van der Waals surface area contributed by atoms with Crippen LogP contribution in [0.2, 0.25) is 0 Å². The van der Waals surface area contributed by atoms with Gasteiger partial charge in [0.25, 0.3) is 0 Å². The fourth-order valence-corrected chi connectivity index (χ4v) is 4.42. The predicted molar refractivity (Wildman–Crippen MR) is 144 cm³/mol. The summed E-state index contributed by atoms with van der Waals surface area (Å²) >= 11 is 0. The Balaban J connectivity index is 1.88. The smallest absolute Gasteiger partial charge is 0.407 e. The number of pyridine rings is 1. The Kier molecular flexibility index (Phi) is 8.81. The average Bonchev–Trinajstić information content (AvgIpc) is 3.17. The number of Topliss-reactive ketones (excluding diaryl/α,β-unsaturated/α-hetero) is 1. The Morgan fingerprint density at radius 1 is 1.13 bits per heavy atom. The molecule has 0 saturated carbocycles. The predicted octanol–water partition coefficient (Wildman–Crippen LogP) is 5.47. The highest BCUT2D eigenvalue weighted by Crippen LogP contribution is 2.36. The Morgan fingerprint density at radius 2 is 1.79 bits per heavy atom. The molecule has 2 aromatic heterocycles. The maximum Gasteiger partial charge on any atom is 0.407 e. The Hall–Kier alpha value is -3.47. The molecule has 1 aromatic carbocycles. The number of sulfonamides is 1. The maximum absolute atomic E-state index is 13.5. The maximum atomic E-state index is 13.5. The van der Waals surface area contributed by atoms with Gasteiger partial charge < -0.3 is 14.5 Å². The third-order valence-electron chi connectivity index (χ3n) is 5.78. The molecule has 0 unspecified atom stereocenters. The molecule has 206 valence electrons. The van der Waals surface area contributed by atoms with Crippen molar-refractivity contribution in [1.82, 2.24) is 10.3 Å². The average molecular weight is 548 g/mol. The number of rotatable bonds is 10. The van der Waals surface area contributed by atoms with E-state index in [2.05, 4.69) is 10.3 Å². The summed E-state index contributed by atoms with van der Waals surface area (Å²) in [6, 6.07) is 7.30. The second-order valence-electron chi connectivity index (χ2n) is 10.2. The lowest BCUT2D eigenvalue weighted by atomic mass is 10.0. The lowest BCUT2D eigenvalue weighted by molar-refractivity contribution is 0.0526. The van der Waals surface area contributed by atoms with Crippen LogP contribution < -0.4 is 9.62 Å². The van der Waals surface area contributed by atoms with Crippen molar-refractivity contribution in [3.63, 3.8) is 0 Å². The zero-order valence-electron chi connectivity index (χ0n) is 22.6. The first kappa shape index (κ1) is 29.1. The summed E-state index contributed by atoms with van der Waals surface area (Å²) in [6.07, 6.45) is 3.23. The molecule has 0 aliphatic rings. The van der Waals surface area contributed by atoms with E-state index in [9.17, 15) is 22.4 Å². The summed E-state index contributed by atoms with van der Waals surface area (Å²) in [4.78, 5) is 28.9. The second-order valence-corrected chi connectivity index (χ2v) is 12.2. The fraction of sp³-hybridized carbons (Fsp3) is 0.444. The monoisotopic (exact) mass is 547 g/mol. The largest absolute Gasteiger partial charge is 0.444 e. The molecule has 0 atom stereocenters. The molecule has 2 heterocycles. The number of hydrogen-bond acceptors (Lipinski definition) is 7. The molecule has 1 N–H and O–H groups in total. The van der Waals surface area contributed by atoms with Gasteiger partial charge in [0.1, 0.15) is 23.0 Å². The van der Waals surface area contributed by atoms with Crippen molar-refractivity contribution < 1.29 is 31.6 Å². The van der Waals surface area contributed by atoms with E-state index in [1.54, 1.807) is 26.8 Å². The number of benzene rings is 1. The van der Waals surface area contributed by atoms with E-state index in [0.717, 1.165) is 17.0 Å². The lowest BCUT2D eigenvalue weighted by Gasteiger charge is -2.20. The molecular formula is C27H34FN3O6S. The van der Waals surface area contributed by atoms with Gasteiger partial charge in [0, 0.05) is 19.2 Å². The normalized spacial score (nSPS) is 12.0. The van der Waals surface area contributed by atoms with Crippen molar-refractivity contribution >= 4 is 38.8 Å². The highest BCUT2D eigenvalue weighted by molar-refractivity contribution is 7.92. The highest BCUT2D eigenvalue weighted by atomic mass is 32.2. The van der Waals surface area contributed by atoms with E-state index < -0.39 is 27.5 Å². The van der Waals surface area contributed by atoms with Crippen LogP contribution in [0.1, 0.15) is 62.9 Å². The first-order valence-corrected chi connectivity index (χ1v) is 14.2. The number of carbonyl (C=O) groups excluding carboxylic acids is 2. The number of aromatic nitrogens is 1. The van der Waals surface area contributed by atoms with Crippen LogP contribution in [0.5, 0.6) is 0 Å². The highest BCUT2D eigenvalue weighted by Gasteiger charge is 2.25. The van der Waals surface area contributed by atoms with Gasteiger partial charge in [-0.05, 0) is 82.9 Å². The molecule has 0 spiro atoms. The van der Waals surface area contributed by atoms with E-state index in [0.29, 0.717) is 47.9 Å². The molecule has 11 heteroatoms. The van der Waals surface area contributed by atoms with E-state index in [1.807, 2.05) is 0 Å². The molecule has 0 fully saturated rings. The van der Waals surface area contributed by atoms with Crippen LogP contribution >= 0.6 is 0 Å². The zero-order valence-corrected chi connectivity index (χ0v) is 23.4. The van der Waals surface area contributed by atoms with Gasteiger partial charge in [0.05, 0.1) is 17.2 Å². The van der Waals surface area contributed by atoms with Crippen LogP contribution in [-0.4, -0.2) is 50.7 Å². The molecule has 0 bridgehead atoms. The van der Waals surface area contributed by atoms with Gasteiger partial charge in [-0.15, -0.1) is 0 Å². The number of fused-ring (bicyclic) bond motifs is 1. The van der Waals surface area contributed by atoms with E-state index in [-0.39, 0.29) is 23.1 Å². The van der Waals surface area contributed by atoms with Crippen LogP contribution in [0.4, 0.5) is 15.0 Å². The van der Waals surface area contributed by atoms with Crippen molar-refractivity contribution in [2.75, 3.05) is 24.2 Å². The van der Waals surface area contributed by atoms with E-state index in [4.69, 9.17) is 9.15 Å². The number of carbonyl (C=O) groups is 2. The number of ether oxygens (including phenoxy) is 1. The minimum Gasteiger partial charge on any atom is -0.444 e. The molecule has 0 aliphatic carbocycles. The minimum atomic E-state index is -3.63. The van der Waals surface area contributed by atoms with Gasteiger partial charge in [0.15, 0.2) is 5.78 Å². The van der Waals surface area contributed by atoms with Gasteiger partial charge >= 0.3 is 6.09 Å². The summed E-state index contributed by atoms with van der Waals surface area (Å²) < 4.78 is 50.4. The number of amides is 1. The molecule has 0 radical (unpaired) electrons. The Bertz CT molecular complexity index is 1430. The molecule has 0 aliphatic heterocycles. The number of unbranched alkanes of at least 4 members (excludes halogenated alkanes) is 2. The Morgan fingerprint density at radius 3 is 2.37 bits per heavy atom. The van der Waals surface area contributed by atoms with Crippen LogP contribution in [0, 0.1) is 5.82 Å². The molecular weight excluding hydrogens is 513 g/mol. The fourth-order valence-electron chi connectivity index (χ4n) is 3.95. The molecule has 38 heavy (non-hydrogen) atoms. The third kappa shape index (κ3) is 7.31. The molecule has 0 saturated heterocycles. The summed E-state index contributed by atoms with van der Waals surface area (Å²) in [7, 11) is -2.22. The van der Waals surface area contributed by atoms with E-state index in [1.165, 1.54) is 38.2 Å². The van der Waals surface area contributed by atoms with Gasteiger partial charge in [-0.2, -0.15) is 4.98 Å². The van der Waals surface area contributed by atoms with E-state index >= 15 is 0 Å². The molecule has 9 nitrogen and oxygen atoms in total. The van der Waals surface area contributed by atoms with Crippen LogP contribution in [0.15, 0.2) is 34.7 Å². The number of furan rings is 1. The van der Waals surface area contributed by atoms with Crippen LogP contribution in [0.25, 0.3) is 22.4 Å². The van der Waals surface area contributed by atoms with Crippen molar-refractivity contribution in [1.29, 1.82) is 0 Å². The SMILES string of the molecule is CC(=O)c1c(-c2ccc(F)cc2)oc2nc(N(C)S(C)(=O)=O)c(CCCCCNC(=O)OC(C)(C)C)cc12. The number of ketones is 1. The van der Waals surface area contributed by atoms with Gasteiger partial charge in [-0.3, -0.25) is 9.10 Å². The standard InChI is InChI=1S/C27H34FN3O6S/c1-17(32)22-21-16-19(10-8-7-9-15-29-26(33)37-27(2,3)4)24(31(5)38(6,34)35)30-25(21)36-23(22)18-11-13-20(28)14-12-18/h11-14,16H,7-10,15H2,1-6H3,(H,29,33). The summed E-state index contributed by atoms with van der Waals surface area (Å²) in [5.74, 6) is -0.221. The number of hydrogen-bond donors (Lipinski definition) is 1. The Labute approximate surface area is 222 Å². The number of nitrogens with one attached hydrogen (secondary N) is 1. The molecule has 3 rings (SSSR count). The van der Waals surface area contributed by atoms with Crippen molar-refractivity contribution in [2.45, 2.75) is 59.0 Å². The first-order chi connectivity index (χ1) is 17.7. The second kappa shape index (κ2) is 11.5. The summed E-state index contributed by atoms with van der Waals surface area (Å²) in [5.41, 5.74) is 0.993. The summed E-state index contributed by atoms with van der Waals surface area (Å²) in [5, 5.41) is 3.18. The topological polar surface area (TPSA) is 119 Å². The molecule has 3 aromatic rings. The zero-order chi connectivity index (χ0) is 28.3. The number of alkyl carbamates (subject to hydrolysis) is 1.